The highest BCUT2D eigenvalue weighted by atomic mass is 16.5. The first-order chi connectivity index (χ1) is 6.59. The second kappa shape index (κ2) is 4.24. The van der Waals surface area contributed by atoms with Gasteiger partial charge in [-0.1, -0.05) is 30.3 Å². The minimum Gasteiger partial charge on any atom is -0.449 e. The number of carbonyl (C=O) groups is 1. The second-order valence-electron chi connectivity index (χ2n) is 3.59. The molecule has 0 bridgehead atoms. The van der Waals surface area contributed by atoms with Gasteiger partial charge in [0, 0.05) is 0 Å². The Morgan fingerprint density at radius 1 is 1.36 bits per heavy atom. The van der Waals surface area contributed by atoms with Gasteiger partial charge in [-0.3, -0.25) is 10.5 Å². The molecule has 0 aliphatic carbocycles. The van der Waals surface area contributed by atoms with Crippen LogP contribution in [0, 0.1) is 0 Å². The number of hydrogen-bond acceptors (Lipinski definition) is 3. The standard InChI is InChI=1S/C11H15NO2/c1-11(2,10(13)14-8-12)9-6-4-3-5-7-9/h3-7H,8,12H2,1-2H3. The first-order valence-corrected chi connectivity index (χ1v) is 4.52. The average Bonchev–Trinajstić information content (AvgIpc) is 2.19. The molecular formula is C11H15NO2. The van der Waals surface area contributed by atoms with Crippen molar-refractivity contribution < 1.29 is 9.53 Å². The van der Waals surface area contributed by atoms with Crippen LogP contribution in [0.15, 0.2) is 30.3 Å². The van der Waals surface area contributed by atoms with Gasteiger partial charge in [-0.2, -0.15) is 0 Å². The lowest BCUT2D eigenvalue weighted by Gasteiger charge is -2.22. The van der Waals surface area contributed by atoms with Crippen molar-refractivity contribution in [3.8, 4) is 0 Å². The highest BCUT2D eigenvalue weighted by Gasteiger charge is 2.30. The van der Waals surface area contributed by atoms with Crippen molar-refractivity contribution in [3.05, 3.63) is 35.9 Å². The van der Waals surface area contributed by atoms with Crippen LogP contribution < -0.4 is 5.73 Å². The van der Waals surface area contributed by atoms with Gasteiger partial charge in [0.05, 0.1) is 5.41 Å². The van der Waals surface area contributed by atoms with Crippen molar-refractivity contribution >= 4 is 5.97 Å². The maximum atomic E-state index is 11.6. The molecule has 0 aromatic heterocycles. The van der Waals surface area contributed by atoms with Crippen LogP contribution in [0.1, 0.15) is 19.4 Å². The summed E-state index contributed by atoms with van der Waals surface area (Å²) in [5, 5.41) is 0. The molecule has 0 heterocycles. The van der Waals surface area contributed by atoms with Crippen LogP contribution in [0.5, 0.6) is 0 Å². The van der Waals surface area contributed by atoms with Crippen LogP contribution in [-0.2, 0) is 14.9 Å². The van der Waals surface area contributed by atoms with E-state index >= 15 is 0 Å². The second-order valence-corrected chi connectivity index (χ2v) is 3.59. The topological polar surface area (TPSA) is 52.3 Å². The number of rotatable bonds is 3. The monoisotopic (exact) mass is 193 g/mol. The summed E-state index contributed by atoms with van der Waals surface area (Å²) in [5.74, 6) is -0.300. The maximum Gasteiger partial charge on any atom is 0.317 e. The molecule has 0 fully saturated rings. The summed E-state index contributed by atoms with van der Waals surface area (Å²) in [6.45, 7) is 3.57. The largest absolute Gasteiger partial charge is 0.449 e. The van der Waals surface area contributed by atoms with E-state index in [-0.39, 0.29) is 12.7 Å². The van der Waals surface area contributed by atoms with Gasteiger partial charge >= 0.3 is 5.97 Å². The molecule has 3 heteroatoms. The molecule has 1 aromatic carbocycles. The first kappa shape index (κ1) is 10.7. The SMILES string of the molecule is CC(C)(C(=O)OCN)c1ccccc1. The predicted octanol–water partition coefficient (Wildman–Crippen LogP) is 1.42. The lowest BCUT2D eigenvalue weighted by Crippen LogP contribution is -2.32. The minimum atomic E-state index is -0.638. The smallest absolute Gasteiger partial charge is 0.317 e. The van der Waals surface area contributed by atoms with Gasteiger partial charge in [-0.25, -0.2) is 0 Å². The predicted molar refractivity (Wildman–Crippen MR) is 54.6 cm³/mol. The molecule has 1 aromatic rings. The fourth-order valence-corrected chi connectivity index (χ4v) is 1.23. The van der Waals surface area contributed by atoms with E-state index in [1.54, 1.807) is 0 Å². The van der Waals surface area contributed by atoms with Gasteiger partial charge in [0.2, 0.25) is 0 Å². The molecule has 0 atom stereocenters. The molecule has 0 saturated heterocycles. The van der Waals surface area contributed by atoms with E-state index in [1.165, 1.54) is 0 Å². The zero-order valence-electron chi connectivity index (χ0n) is 8.49. The highest BCUT2D eigenvalue weighted by Crippen LogP contribution is 2.23. The van der Waals surface area contributed by atoms with Crippen molar-refractivity contribution in [1.29, 1.82) is 0 Å². The Bertz CT molecular complexity index is 306. The summed E-state index contributed by atoms with van der Waals surface area (Å²) in [5.41, 5.74) is 5.45. The van der Waals surface area contributed by atoms with Crippen molar-refractivity contribution in [3.63, 3.8) is 0 Å². The lowest BCUT2D eigenvalue weighted by molar-refractivity contribution is -0.149. The van der Waals surface area contributed by atoms with E-state index in [0.717, 1.165) is 5.56 Å². The third kappa shape index (κ3) is 2.12. The van der Waals surface area contributed by atoms with Crippen LogP contribution in [-0.4, -0.2) is 12.7 Å². The normalized spacial score (nSPS) is 11.1. The number of carbonyl (C=O) groups excluding carboxylic acids is 1. The molecule has 76 valence electrons. The van der Waals surface area contributed by atoms with Crippen LogP contribution in [0.25, 0.3) is 0 Å². The van der Waals surface area contributed by atoms with Crippen molar-refractivity contribution in [2.75, 3.05) is 6.73 Å². The molecule has 0 amide bonds. The third-order valence-corrected chi connectivity index (χ3v) is 2.22. The van der Waals surface area contributed by atoms with Gasteiger partial charge in [-0.05, 0) is 19.4 Å². The van der Waals surface area contributed by atoms with E-state index < -0.39 is 5.41 Å². The van der Waals surface area contributed by atoms with Crippen molar-refractivity contribution in [2.24, 2.45) is 5.73 Å². The molecule has 0 aliphatic rings. The first-order valence-electron chi connectivity index (χ1n) is 4.52. The van der Waals surface area contributed by atoms with Gasteiger partial charge in [0.25, 0.3) is 0 Å². The molecule has 3 nitrogen and oxygen atoms in total. The number of hydrogen-bond donors (Lipinski definition) is 1. The Morgan fingerprint density at radius 3 is 2.43 bits per heavy atom. The maximum absolute atomic E-state index is 11.6. The summed E-state index contributed by atoms with van der Waals surface area (Å²) in [6.07, 6.45) is 0. The van der Waals surface area contributed by atoms with E-state index in [0.29, 0.717) is 0 Å². The van der Waals surface area contributed by atoms with Crippen LogP contribution in [0.4, 0.5) is 0 Å². The Kier molecular flexibility index (Phi) is 3.25. The van der Waals surface area contributed by atoms with Crippen LogP contribution in [0.2, 0.25) is 0 Å². The van der Waals surface area contributed by atoms with Crippen molar-refractivity contribution in [2.45, 2.75) is 19.3 Å². The Morgan fingerprint density at radius 2 is 1.93 bits per heavy atom. The van der Waals surface area contributed by atoms with Crippen LogP contribution in [0.3, 0.4) is 0 Å². The third-order valence-electron chi connectivity index (χ3n) is 2.22. The van der Waals surface area contributed by atoms with E-state index in [9.17, 15) is 4.79 Å². The Hall–Kier alpha value is -1.35. The zero-order valence-corrected chi connectivity index (χ0v) is 8.49. The Labute approximate surface area is 83.9 Å². The fourth-order valence-electron chi connectivity index (χ4n) is 1.23. The average molecular weight is 193 g/mol. The lowest BCUT2D eigenvalue weighted by atomic mass is 9.85. The van der Waals surface area contributed by atoms with Gasteiger partial charge in [0.15, 0.2) is 0 Å². The number of esters is 1. The number of nitrogens with two attached hydrogens (primary N) is 1. The van der Waals surface area contributed by atoms with Gasteiger partial charge in [0.1, 0.15) is 6.73 Å². The molecule has 0 spiro atoms. The number of ether oxygens (including phenoxy) is 1. The summed E-state index contributed by atoms with van der Waals surface area (Å²) in [6, 6.07) is 9.50. The zero-order chi connectivity index (χ0) is 10.6. The highest BCUT2D eigenvalue weighted by molar-refractivity contribution is 5.82. The number of benzene rings is 1. The quantitative estimate of drug-likeness (QED) is 0.583. The molecular weight excluding hydrogens is 178 g/mol. The molecule has 0 saturated carbocycles. The summed E-state index contributed by atoms with van der Waals surface area (Å²) >= 11 is 0. The van der Waals surface area contributed by atoms with E-state index in [2.05, 4.69) is 0 Å². The molecule has 1 rings (SSSR count). The molecule has 0 aliphatic heterocycles. The fraction of sp³-hybridized carbons (Fsp3) is 0.364. The summed E-state index contributed by atoms with van der Waals surface area (Å²) in [7, 11) is 0. The molecule has 0 unspecified atom stereocenters. The van der Waals surface area contributed by atoms with Gasteiger partial charge in [-0.15, -0.1) is 0 Å². The summed E-state index contributed by atoms with van der Waals surface area (Å²) in [4.78, 5) is 11.6. The Balaban J connectivity index is 2.90. The molecule has 14 heavy (non-hydrogen) atoms. The minimum absolute atomic E-state index is 0.0743. The van der Waals surface area contributed by atoms with Crippen molar-refractivity contribution in [1.82, 2.24) is 0 Å². The summed E-state index contributed by atoms with van der Waals surface area (Å²) < 4.78 is 4.80. The van der Waals surface area contributed by atoms with E-state index in [1.807, 2.05) is 44.2 Å². The molecule has 2 N–H and O–H groups in total. The van der Waals surface area contributed by atoms with Crippen LogP contribution >= 0.6 is 0 Å². The van der Waals surface area contributed by atoms with Gasteiger partial charge < -0.3 is 4.74 Å². The van der Waals surface area contributed by atoms with E-state index in [4.69, 9.17) is 10.5 Å². The molecule has 0 radical (unpaired) electrons.